The van der Waals surface area contributed by atoms with Crippen molar-refractivity contribution in [3.63, 3.8) is 0 Å². The van der Waals surface area contributed by atoms with E-state index in [2.05, 4.69) is 0 Å². The highest BCUT2D eigenvalue weighted by Crippen LogP contribution is 2.38. The van der Waals surface area contributed by atoms with Crippen LogP contribution in [0.1, 0.15) is 43.6 Å². The van der Waals surface area contributed by atoms with Crippen LogP contribution in [-0.2, 0) is 5.41 Å². The second-order valence-electron chi connectivity index (χ2n) is 4.52. The Balaban J connectivity index is 3.62. The van der Waals surface area contributed by atoms with E-state index in [0.29, 0.717) is 16.9 Å². The van der Waals surface area contributed by atoms with E-state index < -0.39 is 0 Å². The van der Waals surface area contributed by atoms with Crippen LogP contribution in [0.4, 0.5) is 0 Å². The number of aromatic hydroxyl groups is 1. The number of carbonyl (C=O) groups is 1. The summed E-state index contributed by atoms with van der Waals surface area (Å²) in [5, 5.41) is 10.3. The van der Waals surface area contributed by atoms with E-state index in [9.17, 15) is 9.90 Å². The summed E-state index contributed by atoms with van der Waals surface area (Å²) in [6, 6.07) is 1.45. The van der Waals surface area contributed by atoms with E-state index in [0.717, 1.165) is 5.56 Å². The summed E-state index contributed by atoms with van der Waals surface area (Å²) >= 11 is 6.10. The van der Waals surface area contributed by atoms with Gasteiger partial charge in [-0.05, 0) is 29.5 Å². The number of halogens is 1. The minimum atomic E-state index is -0.271. The lowest BCUT2D eigenvalue weighted by Crippen LogP contribution is -2.14. The van der Waals surface area contributed by atoms with Gasteiger partial charge in [0.05, 0.1) is 5.56 Å². The van der Waals surface area contributed by atoms with Crippen molar-refractivity contribution >= 4 is 17.9 Å². The maximum atomic E-state index is 10.7. The fourth-order valence-electron chi connectivity index (χ4n) is 1.61. The Hall–Kier alpha value is -1.02. The van der Waals surface area contributed by atoms with Gasteiger partial charge < -0.3 is 5.11 Å². The van der Waals surface area contributed by atoms with Gasteiger partial charge >= 0.3 is 0 Å². The van der Waals surface area contributed by atoms with Crippen molar-refractivity contribution in [3.05, 3.63) is 27.8 Å². The molecule has 1 aromatic rings. The predicted molar refractivity (Wildman–Crippen MR) is 61.9 cm³/mol. The summed E-state index contributed by atoms with van der Waals surface area (Å²) in [6.07, 6.45) is 0.548. The van der Waals surface area contributed by atoms with Gasteiger partial charge in [0.1, 0.15) is 5.75 Å². The van der Waals surface area contributed by atoms with Gasteiger partial charge in [0.25, 0.3) is 0 Å². The third-order valence-corrected chi connectivity index (χ3v) is 2.56. The molecule has 0 saturated heterocycles. The third-order valence-electron chi connectivity index (χ3n) is 2.26. The summed E-state index contributed by atoms with van der Waals surface area (Å²) in [5.41, 5.74) is 1.03. The summed E-state index contributed by atoms with van der Waals surface area (Å²) in [4.78, 5) is 10.7. The Morgan fingerprint density at radius 2 is 2.13 bits per heavy atom. The van der Waals surface area contributed by atoms with Crippen LogP contribution in [0.15, 0.2) is 6.07 Å². The van der Waals surface area contributed by atoms with Crippen molar-refractivity contribution in [2.24, 2.45) is 0 Å². The largest absolute Gasteiger partial charge is 0.507 e. The van der Waals surface area contributed by atoms with Crippen molar-refractivity contribution in [1.82, 2.24) is 0 Å². The SMILES string of the molecule is [2H]Cc1c(O)c(C=O)cc(Cl)c1C(C)(C)C. The van der Waals surface area contributed by atoms with Crippen LogP contribution in [0.2, 0.25) is 5.02 Å². The van der Waals surface area contributed by atoms with Gasteiger partial charge in [0.2, 0.25) is 0 Å². The standard InChI is InChI=1S/C12H15ClO2/c1-7-10(12(2,3)4)9(13)5-8(6-14)11(7)15/h5-6,15H,1-4H3/i1D. The third kappa shape index (κ3) is 2.15. The number of carbonyl (C=O) groups excluding carboxylic acids is 1. The lowest BCUT2D eigenvalue weighted by Gasteiger charge is -2.24. The maximum absolute atomic E-state index is 10.7. The molecule has 0 aliphatic carbocycles. The highest BCUT2D eigenvalue weighted by atomic mass is 35.5. The highest BCUT2D eigenvalue weighted by molar-refractivity contribution is 6.32. The summed E-state index contributed by atoms with van der Waals surface area (Å²) in [6.45, 7) is 5.76. The van der Waals surface area contributed by atoms with Crippen molar-refractivity contribution in [3.8, 4) is 5.75 Å². The summed E-state index contributed by atoms with van der Waals surface area (Å²) in [7, 11) is 0. The molecule has 0 spiro atoms. The smallest absolute Gasteiger partial charge is 0.153 e. The minimum absolute atomic E-state index is 0.0974. The van der Waals surface area contributed by atoms with Crippen LogP contribution >= 0.6 is 11.6 Å². The van der Waals surface area contributed by atoms with Gasteiger partial charge in [-0.1, -0.05) is 32.4 Å². The van der Waals surface area contributed by atoms with E-state index in [1.54, 1.807) is 0 Å². The van der Waals surface area contributed by atoms with Crippen LogP contribution in [0, 0.1) is 6.90 Å². The molecule has 0 fully saturated rings. The van der Waals surface area contributed by atoms with E-state index in [1.807, 2.05) is 20.8 Å². The number of benzene rings is 1. The van der Waals surface area contributed by atoms with Gasteiger partial charge in [0, 0.05) is 6.39 Å². The molecule has 0 bridgehead atoms. The van der Waals surface area contributed by atoms with Crippen LogP contribution in [0.25, 0.3) is 0 Å². The Labute approximate surface area is 96.3 Å². The van der Waals surface area contributed by atoms with Crippen LogP contribution in [-0.4, -0.2) is 11.4 Å². The Bertz CT molecular complexity index is 422. The maximum Gasteiger partial charge on any atom is 0.153 e. The van der Waals surface area contributed by atoms with Crippen molar-refractivity contribution in [2.45, 2.75) is 33.1 Å². The van der Waals surface area contributed by atoms with Crippen LogP contribution in [0.3, 0.4) is 0 Å². The molecule has 82 valence electrons. The number of hydrogen-bond donors (Lipinski definition) is 1. The molecule has 0 saturated carbocycles. The average Bonchev–Trinajstić information content (AvgIpc) is 2.18. The molecule has 1 aromatic carbocycles. The molecule has 0 radical (unpaired) electrons. The number of hydrogen-bond acceptors (Lipinski definition) is 2. The zero-order chi connectivity index (χ0) is 12.5. The highest BCUT2D eigenvalue weighted by Gasteiger charge is 2.23. The molecule has 0 heterocycles. The lowest BCUT2D eigenvalue weighted by molar-refractivity contribution is 0.112. The van der Waals surface area contributed by atoms with E-state index in [-0.39, 0.29) is 23.6 Å². The molecule has 0 aliphatic rings. The Morgan fingerprint density at radius 3 is 2.53 bits per heavy atom. The zero-order valence-electron chi connectivity index (χ0n) is 10.1. The van der Waals surface area contributed by atoms with Crippen LogP contribution in [0.5, 0.6) is 5.75 Å². The Morgan fingerprint density at radius 1 is 1.53 bits per heavy atom. The first kappa shape index (κ1) is 10.5. The van der Waals surface area contributed by atoms with Crippen molar-refractivity contribution in [1.29, 1.82) is 0 Å². The molecule has 1 rings (SSSR count). The number of phenolic OH excluding ortho intramolecular Hbond substituents is 1. The van der Waals surface area contributed by atoms with Crippen molar-refractivity contribution < 1.29 is 11.3 Å². The first-order valence-corrected chi connectivity index (χ1v) is 5.00. The van der Waals surface area contributed by atoms with E-state index >= 15 is 0 Å². The van der Waals surface area contributed by atoms with Crippen LogP contribution < -0.4 is 0 Å². The van der Waals surface area contributed by atoms with Gasteiger partial charge in [0.15, 0.2) is 6.29 Å². The molecule has 0 amide bonds. The van der Waals surface area contributed by atoms with Crippen molar-refractivity contribution in [2.75, 3.05) is 0 Å². The van der Waals surface area contributed by atoms with Gasteiger partial charge in [-0.25, -0.2) is 0 Å². The molecular weight excluding hydrogens is 212 g/mol. The first-order chi connectivity index (χ1) is 7.32. The minimum Gasteiger partial charge on any atom is -0.507 e. The molecule has 1 N–H and O–H groups in total. The lowest BCUT2D eigenvalue weighted by atomic mass is 9.83. The molecular formula is C12H15ClO2. The first-order valence-electron chi connectivity index (χ1n) is 5.32. The molecule has 0 aliphatic heterocycles. The number of phenols is 1. The summed E-state index contributed by atoms with van der Waals surface area (Å²) < 4.78 is 7.44. The normalized spacial score (nSPS) is 12.4. The van der Waals surface area contributed by atoms with Gasteiger partial charge in [-0.3, -0.25) is 4.79 Å². The monoisotopic (exact) mass is 227 g/mol. The molecule has 15 heavy (non-hydrogen) atoms. The Kier molecular flexibility index (Phi) is 2.70. The quantitative estimate of drug-likeness (QED) is 0.746. The second kappa shape index (κ2) is 3.86. The topological polar surface area (TPSA) is 37.3 Å². The number of aldehydes is 1. The predicted octanol–water partition coefficient (Wildman–Crippen LogP) is 3.46. The van der Waals surface area contributed by atoms with E-state index in [4.69, 9.17) is 13.0 Å². The fraction of sp³-hybridized carbons (Fsp3) is 0.417. The molecule has 0 unspecified atom stereocenters. The summed E-state index contributed by atoms with van der Waals surface area (Å²) in [5.74, 6) is -0.126. The molecule has 0 atom stereocenters. The number of rotatable bonds is 1. The van der Waals surface area contributed by atoms with Gasteiger partial charge in [-0.15, -0.1) is 0 Å². The van der Waals surface area contributed by atoms with E-state index in [1.165, 1.54) is 6.07 Å². The average molecular weight is 228 g/mol. The van der Waals surface area contributed by atoms with Gasteiger partial charge in [-0.2, -0.15) is 0 Å². The zero-order valence-corrected chi connectivity index (χ0v) is 9.85. The molecule has 0 aromatic heterocycles. The molecule has 2 nitrogen and oxygen atoms in total. The fourth-order valence-corrected chi connectivity index (χ4v) is 2.13. The molecule has 3 heteroatoms. The second-order valence-corrected chi connectivity index (χ2v) is 4.92.